The molecule has 6 nitrogen and oxygen atoms in total. The fraction of sp³-hybridized carbons (Fsp3) is 0.577. The molecule has 0 bridgehead atoms. The minimum absolute atomic E-state index is 0.0944. The normalized spacial score (nSPS) is 17.1. The van der Waals surface area contributed by atoms with Crippen molar-refractivity contribution in [2.24, 2.45) is 5.92 Å². The smallest absolute Gasteiger partial charge is 0.225 e. The quantitative estimate of drug-likeness (QED) is 0.600. The van der Waals surface area contributed by atoms with Gasteiger partial charge in [-0.15, -0.1) is 0 Å². The van der Waals surface area contributed by atoms with Crippen LogP contribution in [0.5, 0.6) is 0 Å². The third kappa shape index (κ3) is 5.69. The Morgan fingerprint density at radius 3 is 2.58 bits per heavy atom. The summed E-state index contributed by atoms with van der Waals surface area (Å²) < 4.78 is 18.9. The number of halogens is 1. The Bertz CT molecular complexity index is 944. The van der Waals surface area contributed by atoms with Crippen LogP contribution in [0.15, 0.2) is 24.3 Å². The highest BCUT2D eigenvalue weighted by molar-refractivity contribution is 5.79. The minimum Gasteiger partial charge on any atom is -0.378 e. The van der Waals surface area contributed by atoms with Crippen LogP contribution in [0.25, 0.3) is 0 Å². The molecule has 33 heavy (non-hydrogen) atoms. The summed E-state index contributed by atoms with van der Waals surface area (Å²) in [6.07, 6.45) is 5.33. The molecule has 1 saturated heterocycles. The summed E-state index contributed by atoms with van der Waals surface area (Å²) in [4.78, 5) is 27.4. The van der Waals surface area contributed by atoms with Crippen LogP contribution in [0.4, 0.5) is 10.2 Å². The Morgan fingerprint density at radius 1 is 1.12 bits per heavy atom. The number of fused-ring (bicyclic) bond motifs is 1. The third-order valence-electron chi connectivity index (χ3n) is 6.73. The van der Waals surface area contributed by atoms with Gasteiger partial charge in [0.1, 0.15) is 17.5 Å². The molecular weight excluding hydrogens is 419 g/mol. The van der Waals surface area contributed by atoms with E-state index in [4.69, 9.17) is 14.7 Å². The molecule has 0 saturated carbocycles. The van der Waals surface area contributed by atoms with Gasteiger partial charge in [0, 0.05) is 44.0 Å². The molecule has 1 aromatic carbocycles. The molecule has 0 spiro atoms. The zero-order valence-corrected chi connectivity index (χ0v) is 19.9. The van der Waals surface area contributed by atoms with Crippen molar-refractivity contribution in [2.75, 3.05) is 37.7 Å². The van der Waals surface area contributed by atoms with E-state index in [0.717, 1.165) is 73.7 Å². The van der Waals surface area contributed by atoms with Crippen molar-refractivity contribution >= 4 is 11.7 Å². The summed E-state index contributed by atoms with van der Waals surface area (Å²) in [5, 5.41) is 0. The molecule has 2 aromatic rings. The average molecular weight is 455 g/mol. The number of aromatic nitrogens is 2. The molecule has 0 aliphatic carbocycles. The highest BCUT2D eigenvalue weighted by Gasteiger charge is 2.30. The number of rotatable bonds is 8. The summed E-state index contributed by atoms with van der Waals surface area (Å²) in [5.74, 6) is 1.79. The van der Waals surface area contributed by atoms with Gasteiger partial charge < -0.3 is 14.5 Å². The fourth-order valence-corrected chi connectivity index (χ4v) is 4.75. The van der Waals surface area contributed by atoms with Gasteiger partial charge in [0.05, 0.1) is 25.5 Å². The molecule has 3 heterocycles. The number of amides is 1. The van der Waals surface area contributed by atoms with Crippen molar-refractivity contribution in [2.45, 2.75) is 58.9 Å². The first kappa shape index (κ1) is 23.6. The SMILES string of the molecule is CCCCC(CC)C(=O)N1CCc2nc(Cc3ccc(F)cc3)nc(N3CCOCC3)c2C1. The number of ether oxygens (including phenoxy) is 1. The lowest BCUT2D eigenvalue weighted by Gasteiger charge is -2.35. The fourth-order valence-electron chi connectivity index (χ4n) is 4.75. The number of morpholine rings is 1. The molecule has 1 fully saturated rings. The van der Waals surface area contributed by atoms with E-state index in [0.29, 0.717) is 32.7 Å². The summed E-state index contributed by atoms with van der Waals surface area (Å²) >= 11 is 0. The maximum atomic E-state index is 13.3. The van der Waals surface area contributed by atoms with E-state index in [1.165, 1.54) is 12.1 Å². The van der Waals surface area contributed by atoms with E-state index in [1.54, 1.807) is 12.1 Å². The second-order valence-corrected chi connectivity index (χ2v) is 9.05. The number of nitrogens with zero attached hydrogens (tertiary/aromatic N) is 4. The lowest BCUT2D eigenvalue weighted by atomic mass is 9.96. The molecule has 4 rings (SSSR count). The predicted octanol–water partition coefficient (Wildman–Crippen LogP) is 4.14. The molecule has 1 unspecified atom stereocenters. The van der Waals surface area contributed by atoms with Crippen molar-refractivity contribution < 1.29 is 13.9 Å². The van der Waals surface area contributed by atoms with Crippen molar-refractivity contribution in [1.29, 1.82) is 0 Å². The van der Waals surface area contributed by atoms with Gasteiger partial charge in [-0.05, 0) is 30.5 Å². The maximum absolute atomic E-state index is 13.3. The molecule has 2 aliphatic heterocycles. The second-order valence-electron chi connectivity index (χ2n) is 9.05. The highest BCUT2D eigenvalue weighted by atomic mass is 19.1. The van der Waals surface area contributed by atoms with Crippen LogP contribution < -0.4 is 4.90 Å². The van der Waals surface area contributed by atoms with Gasteiger partial charge in [0.2, 0.25) is 5.91 Å². The molecular formula is C26H35FN4O2. The first-order chi connectivity index (χ1) is 16.1. The zero-order chi connectivity index (χ0) is 23.2. The van der Waals surface area contributed by atoms with Crippen LogP contribution in [0.1, 0.15) is 62.2 Å². The molecule has 1 atom stereocenters. The van der Waals surface area contributed by atoms with E-state index < -0.39 is 0 Å². The Balaban J connectivity index is 1.61. The Kier molecular flexibility index (Phi) is 7.91. The molecule has 178 valence electrons. The standard InChI is InChI=1S/C26H35FN4O2/c1-3-5-6-20(4-2)26(32)31-12-11-23-22(18-31)25(30-13-15-33-16-14-30)29-24(28-23)17-19-7-9-21(27)10-8-19/h7-10,20H,3-6,11-18H2,1-2H3. The van der Waals surface area contributed by atoms with Gasteiger partial charge in [-0.2, -0.15) is 0 Å². The molecule has 1 aromatic heterocycles. The Labute approximate surface area is 196 Å². The lowest BCUT2D eigenvalue weighted by molar-refractivity contribution is -0.136. The number of carbonyl (C=O) groups is 1. The molecule has 0 radical (unpaired) electrons. The van der Waals surface area contributed by atoms with Crippen molar-refractivity contribution in [3.8, 4) is 0 Å². The van der Waals surface area contributed by atoms with E-state index in [9.17, 15) is 9.18 Å². The number of unbranched alkanes of at least 4 members (excludes halogenated alkanes) is 1. The number of hydrogen-bond acceptors (Lipinski definition) is 5. The average Bonchev–Trinajstić information content (AvgIpc) is 2.85. The first-order valence-corrected chi connectivity index (χ1v) is 12.3. The molecule has 1 amide bonds. The molecule has 2 aliphatic rings. The maximum Gasteiger partial charge on any atom is 0.225 e. The van der Waals surface area contributed by atoms with Crippen LogP contribution in [0, 0.1) is 11.7 Å². The number of benzene rings is 1. The lowest BCUT2D eigenvalue weighted by Crippen LogP contribution is -2.43. The van der Waals surface area contributed by atoms with Crippen LogP contribution in [-0.2, 0) is 28.9 Å². The van der Waals surface area contributed by atoms with E-state index in [1.807, 2.05) is 4.90 Å². The van der Waals surface area contributed by atoms with Gasteiger partial charge >= 0.3 is 0 Å². The van der Waals surface area contributed by atoms with Crippen LogP contribution in [0.2, 0.25) is 0 Å². The monoisotopic (exact) mass is 454 g/mol. The van der Waals surface area contributed by atoms with Crippen molar-refractivity contribution in [3.05, 3.63) is 52.7 Å². The highest BCUT2D eigenvalue weighted by Crippen LogP contribution is 2.29. The summed E-state index contributed by atoms with van der Waals surface area (Å²) in [5.41, 5.74) is 3.09. The topological polar surface area (TPSA) is 58.6 Å². The largest absolute Gasteiger partial charge is 0.378 e. The minimum atomic E-state index is -0.242. The molecule has 0 N–H and O–H groups in total. The van der Waals surface area contributed by atoms with Crippen LogP contribution in [0.3, 0.4) is 0 Å². The van der Waals surface area contributed by atoms with Gasteiger partial charge in [0.25, 0.3) is 0 Å². The first-order valence-electron chi connectivity index (χ1n) is 12.3. The summed E-state index contributed by atoms with van der Waals surface area (Å²) in [6, 6.07) is 6.52. The Morgan fingerprint density at radius 2 is 1.88 bits per heavy atom. The van der Waals surface area contributed by atoms with Gasteiger partial charge in [-0.25, -0.2) is 14.4 Å². The van der Waals surface area contributed by atoms with Gasteiger partial charge in [-0.1, -0.05) is 38.8 Å². The van der Waals surface area contributed by atoms with Crippen molar-refractivity contribution in [3.63, 3.8) is 0 Å². The zero-order valence-electron chi connectivity index (χ0n) is 19.9. The second kappa shape index (κ2) is 11.1. The number of carbonyl (C=O) groups excluding carboxylic acids is 1. The summed E-state index contributed by atoms with van der Waals surface area (Å²) in [7, 11) is 0. The third-order valence-corrected chi connectivity index (χ3v) is 6.73. The van der Waals surface area contributed by atoms with Gasteiger partial charge in [0.15, 0.2) is 0 Å². The molecule has 7 heteroatoms. The number of anilines is 1. The van der Waals surface area contributed by atoms with E-state index in [2.05, 4.69) is 18.7 Å². The Hall–Kier alpha value is -2.54. The predicted molar refractivity (Wildman–Crippen MR) is 127 cm³/mol. The van der Waals surface area contributed by atoms with Gasteiger partial charge in [-0.3, -0.25) is 4.79 Å². The van der Waals surface area contributed by atoms with Crippen molar-refractivity contribution in [1.82, 2.24) is 14.9 Å². The van der Waals surface area contributed by atoms with E-state index in [-0.39, 0.29) is 17.6 Å². The van der Waals surface area contributed by atoms with E-state index >= 15 is 0 Å². The number of hydrogen-bond donors (Lipinski definition) is 0. The van der Waals surface area contributed by atoms with Crippen LogP contribution >= 0.6 is 0 Å². The van der Waals surface area contributed by atoms with Crippen LogP contribution in [-0.4, -0.2) is 53.6 Å². The summed E-state index contributed by atoms with van der Waals surface area (Å²) in [6.45, 7) is 8.45.